The van der Waals surface area contributed by atoms with E-state index in [4.69, 9.17) is 23.2 Å². The Bertz CT molecular complexity index is 1040. The van der Waals surface area contributed by atoms with Gasteiger partial charge in [0.25, 0.3) is 0 Å². The molecule has 3 rings (SSSR count). The summed E-state index contributed by atoms with van der Waals surface area (Å²) in [5.41, 5.74) is 0.905. The molecule has 1 amide bonds. The third-order valence-corrected chi connectivity index (χ3v) is 5.00. The van der Waals surface area contributed by atoms with Crippen molar-refractivity contribution in [3.05, 3.63) is 66.9 Å². The number of hydrogen-bond acceptors (Lipinski definition) is 5. The van der Waals surface area contributed by atoms with Gasteiger partial charge in [0.05, 0.1) is 45.0 Å². The lowest BCUT2D eigenvalue weighted by Gasteiger charge is -2.04. The summed E-state index contributed by atoms with van der Waals surface area (Å²) in [7, 11) is 0. The van der Waals surface area contributed by atoms with Gasteiger partial charge in [0.1, 0.15) is 0 Å². The Morgan fingerprint density at radius 2 is 2.00 bits per heavy atom. The molecule has 0 spiro atoms. The zero-order valence-corrected chi connectivity index (χ0v) is 17.3. The highest BCUT2D eigenvalue weighted by atomic mass is 79.9. The van der Waals surface area contributed by atoms with Gasteiger partial charge < -0.3 is 15.4 Å². The molecular formula is C16H13BrCl2N6O3. The van der Waals surface area contributed by atoms with Gasteiger partial charge >= 0.3 is 5.82 Å². The van der Waals surface area contributed by atoms with Gasteiger partial charge in [-0.2, -0.15) is 9.78 Å². The third kappa shape index (κ3) is 5.09. The molecule has 12 heteroatoms. The van der Waals surface area contributed by atoms with E-state index in [0.29, 0.717) is 26.9 Å². The maximum atomic E-state index is 12.1. The van der Waals surface area contributed by atoms with Gasteiger partial charge in [-0.25, -0.2) is 0 Å². The number of nitrogens with one attached hydrogen (secondary N) is 1. The number of nitrogens with zero attached hydrogens (tertiary/aromatic N) is 5. The first-order valence-electron chi connectivity index (χ1n) is 7.96. The largest absolute Gasteiger partial charge is 0.389 e. The Morgan fingerprint density at radius 1 is 1.21 bits per heavy atom. The summed E-state index contributed by atoms with van der Waals surface area (Å²) in [6.45, 7) is 0.656. The first-order valence-corrected chi connectivity index (χ1v) is 9.51. The van der Waals surface area contributed by atoms with Crippen LogP contribution < -0.4 is 5.32 Å². The van der Waals surface area contributed by atoms with E-state index in [1.807, 2.05) is 6.07 Å². The van der Waals surface area contributed by atoms with Gasteiger partial charge in [-0.15, -0.1) is 0 Å². The van der Waals surface area contributed by atoms with Crippen LogP contribution in [0.3, 0.4) is 0 Å². The van der Waals surface area contributed by atoms with Gasteiger partial charge in [0.2, 0.25) is 5.91 Å². The molecule has 0 unspecified atom stereocenters. The minimum Gasteiger partial charge on any atom is -0.358 e. The molecule has 2 aromatic heterocycles. The molecule has 28 heavy (non-hydrogen) atoms. The first kappa shape index (κ1) is 20.3. The van der Waals surface area contributed by atoms with Crippen LogP contribution in [0.5, 0.6) is 0 Å². The van der Waals surface area contributed by atoms with Crippen molar-refractivity contribution in [3.8, 4) is 0 Å². The predicted molar refractivity (Wildman–Crippen MR) is 108 cm³/mol. The van der Waals surface area contributed by atoms with Crippen molar-refractivity contribution in [2.24, 2.45) is 0 Å². The fraction of sp³-hybridized carbons (Fsp3) is 0.188. The molecule has 1 aromatic carbocycles. The molecule has 0 fully saturated rings. The molecule has 0 aliphatic rings. The second kappa shape index (κ2) is 8.72. The van der Waals surface area contributed by atoms with E-state index in [0.717, 1.165) is 5.56 Å². The average molecular weight is 488 g/mol. The van der Waals surface area contributed by atoms with Crippen LogP contribution in [-0.4, -0.2) is 30.4 Å². The van der Waals surface area contributed by atoms with Crippen LogP contribution in [0.1, 0.15) is 12.0 Å². The number of amides is 1. The number of aryl methyl sites for hydroxylation is 1. The Hall–Kier alpha value is -2.43. The molecule has 0 saturated carbocycles. The number of benzene rings is 1. The quantitative estimate of drug-likeness (QED) is 0.398. The second-order valence-corrected chi connectivity index (χ2v) is 7.43. The summed E-state index contributed by atoms with van der Waals surface area (Å²) in [4.78, 5) is 22.2. The Morgan fingerprint density at radius 3 is 2.68 bits per heavy atom. The van der Waals surface area contributed by atoms with Crippen molar-refractivity contribution in [1.82, 2.24) is 19.6 Å². The number of carbonyl (C=O) groups is 1. The summed E-state index contributed by atoms with van der Waals surface area (Å²) >= 11 is 15.3. The third-order valence-electron chi connectivity index (χ3n) is 3.69. The number of halogens is 3. The van der Waals surface area contributed by atoms with Crippen LogP contribution in [0.15, 0.2) is 41.1 Å². The SMILES string of the molecule is O=C(CCn1ccc([N+](=O)[O-])n1)Nc1nn(Cc2ccc(Cl)c(Cl)c2)cc1Br. The Kier molecular flexibility index (Phi) is 6.32. The fourth-order valence-corrected chi connectivity index (χ4v) is 3.11. The minimum atomic E-state index is -0.589. The summed E-state index contributed by atoms with van der Waals surface area (Å²) in [5, 5.41) is 22.3. The van der Waals surface area contributed by atoms with Crippen LogP contribution in [0.4, 0.5) is 11.6 Å². The highest BCUT2D eigenvalue weighted by molar-refractivity contribution is 9.10. The normalized spacial score (nSPS) is 10.8. The molecule has 9 nitrogen and oxygen atoms in total. The highest BCUT2D eigenvalue weighted by Crippen LogP contribution is 2.24. The van der Waals surface area contributed by atoms with Gasteiger partial charge in [0, 0.05) is 12.6 Å². The monoisotopic (exact) mass is 486 g/mol. The molecular weight excluding hydrogens is 475 g/mol. The zero-order valence-electron chi connectivity index (χ0n) is 14.2. The molecule has 0 atom stereocenters. The average Bonchev–Trinajstić information content (AvgIpc) is 3.24. The lowest BCUT2D eigenvalue weighted by molar-refractivity contribution is -0.389. The smallest absolute Gasteiger partial charge is 0.358 e. The highest BCUT2D eigenvalue weighted by Gasteiger charge is 2.14. The lowest BCUT2D eigenvalue weighted by atomic mass is 10.2. The first-order chi connectivity index (χ1) is 13.3. The number of rotatable bonds is 7. The van der Waals surface area contributed by atoms with E-state index in [1.165, 1.54) is 16.9 Å². The van der Waals surface area contributed by atoms with Crippen molar-refractivity contribution in [2.75, 3.05) is 5.32 Å². The van der Waals surface area contributed by atoms with E-state index in [1.54, 1.807) is 23.0 Å². The number of aromatic nitrogens is 4. The number of anilines is 1. The molecule has 0 bridgehead atoms. The predicted octanol–water partition coefficient (Wildman–Crippen LogP) is 4.13. The maximum Gasteiger partial charge on any atom is 0.389 e. The van der Waals surface area contributed by atoms with Crippen LogP contribution in [0.2, 0.25) is 10.0 Å². The lowest BCUT2D eigenvalue weighted by Crippen LogP contribution is -2.15. The van der Waals surface area contributed by atoms with E-state index in [9.17, 15) is 14.9 Å². The van der Waals surface area contributed by atoms with Crippen molar-refractivity contribution in [2.45, 2.75) is 19.5 Å². The van der Waals surface area contributed by atoms with E-state index < -0.39 is 4.92 Å². The van der Waals surface area contributed by atoms with Crippen LogP contribution >= 0.6 is 39.1 Å². The van der Waals surface area contributed by atoms with Gasteiger partial charge in [0.15, 0.2) is 5.82 Å². The molecule has 2 heterocycles. The van der Waals surface area contributed by atoms with Gasteiger partial charge in [-0.05, 0) is 38.5 Å². The number of carbonyl (C=O) groups excluding carboxylic acids is 1. The minimum absolute atomic E-state index is 0.0882. The van der Waals surface area contributed by atoms with Gasteiger partial charge in [-0.3, -0.25) is 9.48 Å². The fourth-order valence-electron chi connectivity index (χ4n) is 2.37. The Balaban J connectivity index is 1.58. The summed E-state index contributed by atoms with van der Waals surface area (Å²) < 4.78 is 3.61. The summed E-state index contributed by atoms with van der Waals surface area (Å²) in [6.07, 6.45) is 3.27. The second-order valence-electron chi connectivity index (χ2n) is 5.76. The summed E-state index contributed by atoms with van der Waals surface area (Å²) in [6, 6.07) is 6.57. The molecule has 0 aliphatic carbocycles. The number of hydrogen-bond donors (Lipinski definition) is 1. The van der Waals surface area contributed by atoms with E-state index in [-0.39, 0.29) is 24.7 Å². The molecule has 0 radical (unpaired) electrons. The maximum absolute atomic E-state index is 12.1. The van der Waals surface area contributed by atoms with Crippen molar-refractivity contribution in [3.63, 3.8) is 0 Å². The summed E-state index contributed by atoms with van der Waals surface area (Å²) in [5.74, 6) is -0.181. The van der Waals surface area contributed by atoms with Gasteiger partial charge in [-0.1, -0.05) is 29.3 Å². The van der Waals surface area contributed by atoms with Crippen molar-refractivity contribution >= 4 is 56.7 Å². The molecule has 3 aromatic rings. The molecule has 146 valence electrons. The van der Waals surface area contributed by atoms with E-state index >= 15 is 0 Å². The molecule has 0 saturated heterocycles. The van der Waals surface area contributed by atoms with Crippen LogP contribution in [0.25, 0.3) is 0 Å². The topological polar surface area (TPSA) is 108 Å². The van der Waals surface area contributed by atoms with E-state index in [2.05, 4.69) is 31.4 Å². The Labute approximate surface area is 177 Å². The van der Waals surface area contributed by atoms with Crippen LogP contribution in [0, 0.1) is 10.1 Å². The standard InChI is InChI=1S/C16H13BrCl2N6O3/c17-11-9-24(8-10-1-2-12(18)13(19)7-10)22-16(11)20-15(26)4-6-23-5-3-14(21-23)25(27)28/h1-3,5,7,9H,4,6,8H2,(H,20,22,26). The molecule has 1 N–H and O–H groups in total. The van der Waals surface area contributed by atoms with Crippen molar-refractivity contribution in [1.29, 1.82) is 0 Å². The zero-order chi connectivity index (χ0) is 20.3. The molecule has 0 aliphatic heterocycles. The van der Waals surface area contributed by atoms with Crippen LogP contribution in [-0.2, 0) is 17.9 Å². The van der Waals surface area contributed by atoms with Crippen molar-refractivity contribution < 1.29 is 9.72 Å². The number of nitro groups is 1.